The second-order valence-electron chi connectivity index (χ2n) is 8.94. The van der Waals surface area contributed by atoms with Crippen LogP contribution in [0.15, 0.2) is 71.7 Å². The van der Waals surface area contributed by atoms with Gasteiger partial charge in [-0.15, -0.1) is 0 Å². The Kier molecular flexibility index (Phi) is 8.39. The van der Waals surface area contributed by atoms with Gasteiger partial charge in [-0.05, 0) is 68.8 Å². The van der Waals surface area contributed by atoms with E-state index in [4.69, 9.17) is 14.5 Å². The molecule has 0 saturated heterocycles. The fraction of sp³-hybridized carbons (Fsp3) is 0.333. The molecule has 1 unspecified atom stereocenters. The van der Waals surface area contributed by atoms with E-state index in [1.807, 2.05) is 68.4 Å². The van der Waals surface area contributed by atoms with E-state index in [9.17, 15) is 4.79 Å². The molecule has 188 valence electrons. The van der Waals surface area contributed by atoms with Crippen LogP contribution in [0.25, 0.3) is 0 Å². The topological polar surface area (TPSA) is 63.2 Å². The van der Waals surface area contributed by atoms with Gasteiger partial charge in [0.1, 0.15) is 5.92 Å². The molecule has 0 radical (unpaired) electrons. The van der Waals surface area contributed by atoms with E-state index >= 15 is 0 Å². The van der Waals surface area contributed by atoms with Crippen molar-refractivity contribution in [3.8, 4) is 11.5 Å². The third-order valence-corrected chi connectivity index (χ3v) is 6.13. The minimum absolute atomic E-state index is 0.110. The molecule has 3 aromatic rings. The Bertz CT molecular complexity index is 1210. The SMILES string of the molecule is CCCN(C)Cc1ccc(N=C(c2ccccc2)C2C(=O)Nc3cc(OCC)c(OCC)cc32)cc1. The molecule has 1 N–H and O–H groups in total. The summed E-state index contributed by atoms with van der Waals surface area (Å²) >= 11 is 0. The standard InChI is InChI=1S/C30H35N3O3/c1-5-17-33(4)20-21-13-15-23(16-14-21)31-29(22-11-9-8-10-12-22)28-24-18-26(35-6-2)27(36-7-3)19-25(24)32-30(28)34/h8-16,18-19,28H,5-7,17,20H2,1-4H3,(H,32,34). The first-order valence-electron chi connectivity index (χ1n) is 12.7. The molecular weight excluding hydrogens is 450 g/mol. The van der Waals surface area contributed by atoms with Crippen molar-refractivity contribution >= 4 is 23.0 Å². The highest BCUT2D eigenvalue weighted by atomic mass is 16.5. The van der Waals surface area contributed by atoms with E-state index < -0.39 is 5.92 Å². The zero-order valence-electron chi connectivity index (χ0n) is 21.6. The van der Waals surface area contributed by atoms with E-state index in [2.05, 4.69) is 36.3 Å². The number of ether oxygens (including phenoxy) is 2. The number of hydrogen-bond acceptors (Lipinski definition) is 5. The molecule has 1 amide bonds. The predicted octanol–water partition coefficient (Wildman–Crippen LogP) is 6.18. The van der Waals surface area contributed by atoms with Gasteiger partial charge in [0.2, 0.25) is 5.91 Å². The maximum atomic E-state index is 13.3. The molecule has 6 nitrogen and oxygen atoms in total. The third-order valence-electron chi connectivity index (χ3n) is 6.13. The van der Waals surface area contributed by atoms with Crippen LogP contribution in [0.2, 0.25) is 0 Å². The number of nitrogens with zero attached hydrogens (tertiary/aromatic N) is 2. The number of anilines is 1. The Hall–Kier alpha value is -3.64. The highest BCUT2D eigenvalue weighted by molar-refractivity contribution is 6.24. The van der Waals surface area contributed by atoms with Crippen LogP contribution in [0.5, 0.6) is 11.5 Å². The van der Waals surface area contributed by atoms with Crippen molar-refractivity contribution in [3.05, 3.63) is 83.4 Å². The van der Waals surface area contributed by atoms with Crippen molar-refractivity contribution in [1.29, 1.82) is 0 Å². The number of benzene rings is 3. The first-order chi connectivity index (χ1) is 17.5. The van der Waals surface area contributed by atoms with Crippen molar-refractivity contribution in [2.45, 2.75) is 39.7 Å². The lowest BCUT2D eigenvalue weighted by molar-refractivity contribution is -0.115. The van der Waals surface area contributed by atoms with E-state index in [0.29, 0.717) is 30.4 Å². The summed E-state index contributed by atoms with van der Waals surface area (Å²) in [6.45, 7) is 9.02. The van der Waals surface area contributed by atoms with Crippen LogP contribution in [0.3, 0.4) is 0 Å². The Labute approximate surface area is 214 Å². The van der Waals surface area contributed by atoms with Gasteiger partial charge < -0.3 is 19.7 Å². The number of fused-ring (bicyclic) bond motifs is 1. The Morgan fingerprint density at radius 1 is 0.944 bits per heavy atom. The van der Waals surface area contributed by atoms with Gasteiger partial charge >= 0.3 is 0 Å². The minimum Gasteiger partial charge on any atom is -0.490 e. The van der Waals surface area contributed by atoms with Crippen molar-refractivity contribution < 1.29 is 14.3 Å². The Morgan fingerprint density at radius 3 is 2.25 bits per heavy atom. The fourth-order valence-electron chi connectivity index (χ4n) is 4.57. The zero-order valence-corrected chi connectivity index (χ0v) is 21.6. The number of hydrogen-bond donors (Lipinski definition) is 1. The molecule has 1 atom stereocenters. The summed E-state index contributed by atoms with van der Waals surface area (Å²) in [4.78, 5) is 20.7. The average Bonchev–Trinajstić information content (AvgIpc) is 3.19. The Balaban J connectivity index is 1.74. The molecule has 0 aliphatic carbocycles. The highest BCUT2D eigenvalue weighted by Crippen LogP contribution is 2.43. The molecule has 1 heterocycles. The van der Waals surface area contributed by atoms with Crippen LogP contribution in [0, 0.1) is 0 Å². The number of nitrogens with one attached hydrogen (secondary N) is 1. The van der Waals surface area contributed by atoms with Crippen LogP contribution in [-0.4, -0.2) is 43.3 Å². The van der Waals surface area contributed by atoms with Gasteiger partial charge in [0.25, 0.3) is 0 Å². The van der Waals surface area contributed by atoms with Crippen molar-refractivity contribution in [2.24, 2.45) is 4.99 Å². The van der Waals surface area contributed by atoms with Gasteiger partial charge in [-0.1, -0.05) is 49.4 Å². The van der Waals surface area contributed by atoms with Gasteiger partial charge in [0.05, 0.1) is 24.6 Å². The molecule has 0 spiro atoms. The largest absolute Gasteiger partial charge is 0.490 e. The quantitative estimate of drug-likeness (QED) is 0.329. The van der Waals surface area contributed by atoms with Gasteiger partial charge in [-0.2, -0.15) is 0 Å². The maximum Gasteiger partial charge on any atom is 0.238 e. The summed E-state index contributed by atoms with van der Waals surface area (Å²) in [7, 11) is 2.13. The summed E-state index contributed by atoms with van der Waals surface area (Å²) in [5.74, 6) is 0.586. The molecule has 4 rings (SSSR count). The van der Waals surface area contributed by atoms with Crippen LogP contribution >= 0.6 is 0 Å². The minimum atomic E-state index is -0.562. The van der Waals surface area contributed by atoms with E-state index in [1.54, 1.807) is 0 Å². The molecule has 3 aromatic carbocycles. The first kappa shape index (κ1) is 25.5. The number of carbonyl (C=O) groups is 1. The summed E-state index contributed by atoms with van der Waals surface area (Å²) < 4.78 is 11.6. The molecule has 1 aliphatic rings. The lowest BCUT2D eigenvalue weighted by atomic mass is 9.90. The molecule has 0 bridgehead atoms. The summed E-state index contributed by atoms with van der Waals surface area (Å²) in [5, 5.41) is 3.03. The van der Waals surface area contributed by atoms with Gasteiger partial charge in [0, 0.05) is 18.3 Å². The molecule has 36 heavy (non-hydrogen) atoms. The lowest BCUT2D eigenvalue weighted by Crippen LogP contribution is -2.22. The smallest absolute Gasteiger partial charge is 0.238 e. The molecule has 0 fully saturated rings. The number of carbonyl (C=O) groups excluding carboxylic acids is 1. The monoisotopic (exact) mass is 485 g/mol. The van der Waals surface area contributed by atoms with Gasteiger partial charge in [0.15, 0.2) is 11.5 Å². The summed E-state index contributed by atoms with van der Waals surface area (Å²) in [6, 6.07) is 21.9. The van der Waals surface area contributed by atoms with Crippen LogP contribution in [0.4, 0.5) is 11.4 Å². The van der Waals surface area contributed by atoms with Crippen LogP contribution < -0.4 is 14.8 Å². The average molecular weight is 486 g/mol. The molecule has 6 heteroatoms. The third kappa shape index (κ3) is 5.77. The normalized spacial score (nSPS) is 15.1. The molecule has 0 aromatic heterocycles. The highest BCUT2D eigenvalue weighted by Gasteiger charge is 2.36. The van der Waals surface area contributed by atoms with Crippen molar-refractivity contribution in [3.63, 3.8) is 0 Å². The molecule has 0 saturated carbocycles. The van der Waals surface area contributed by atoms with Crippen molar-refractivity contribution in [1.82, 2.24) is 4.90 Å². The second-order valence-corrected chi connectivity index (χ2v) is 8.94. The summed E-state index contributed by atoms with van der Waals surface area (Å²) in [5.41, 5.74) is 5.23. The fourth-order valence-corrected chi connectivity index (χ4v) is 4.57. The zero-order chi connectivity index (χ0) is 25.5. The first-order valence-corrected chi connectivity index (χ1v) is 12.7. The number of rotatable bonds is 11. The van der Waals surface area contributed by atoms with Crippen LogP contribution in [-0.2, 0) is 11.3 Å². The maximum absolute atomic E-state index is 13.3. The van der Waals surface area contributed by atoms with Crippen molar-refractivity contribution in [2.75, 3.05) is 32.1 Å². The van der Waals surface area contributed by atoms with Crippen LogP contribution in [0.1, 0.15) is 49.8 Å². The second kappa shape index (κ2) is 11.9. The van der Waals surface area contributed by atoms with E-state index in [1.165, 1.54) is 5.56 Å². The molecule has 1 aliphatic heterocycles. The molecular formula is C30H35N3O3. The van der Waals surface area contributed by atoms with E-state index in [-0.39, 0.29) is 5.91 Å². The number of amides is 1. The number of aliphatic imine (C=N–C) groups is 1. The summed E-state index contributed by atoms with van der Waals surface area (Å²) in [6.07, 6.45) is 1.13. The predicted molar refractivity (Wildman–Crippen MR) is 146 cm³/mol. The van der Waals surface area contributed by atoms with Gasteiger partial charge in [-0.3, -0.25) is 9.79 Å². The lowest BCUT2D eigenvalue weighted by Gasteiger charge is -2.17. The Morgan fingerprint density at radius 2 is 1.61 bits per heavy atom. The van der Waals surface area contributed by atoms with E-state index in [0.717, 1.165) is 42.0 Å². The van der Waals surface area contributed by atoms with Gasteiger partial charge in [-0.25, -0.2) is 0 Å².